The van der Waals surface area contributed by atoms with Gasteiger partial charge in [-0.15, -0.1) is 0 Å². The van der Waals surface area contributed by atoms with Gasteiger partial charge in [0.2, 0.25) is 0 Å². The average molecular weight is 477 g/mol. The Labute approximate surface area is 205 Å². The molecule has 1 aliphatic carbocycles. The number of carbonyl (C=O) groups excluding carboxylic acids is 2. The number of benzene rings is 2. The Balaban J connectivity index is 1.62. The number of carbonyl (C=O) groups is 2. The summed E-state index contributed by atoms with van der Waals surface area (Å²) in [7, 11) is 0. The van der Waals surface area contributed by atoms with Crippen LogP contribution in [0.25, 0.3) is 0 Å². The Kier molecular flexibility index (Phi) is 6.32. The third-order valence-corrected chi connectivity index (χ3v) is 7.98. The van der Waals surface area contributed by atoms with Crippen molar-refractivity contribution in [2.24, 2.45) is 22.1 Å². The lowest BCUT2D eigenvalue weighted by molar-refractivity contribution is -0.130. The molecular formula is C28H33FN4O2. The van der Waals surface area contributed by atoms with Gasteiger partial charge in [-0.3, -0.25) is 14.6 Å². The fraction of sp³-hybridized carbons (Fsp3) is 0.464. The van der Waals surface area contributed by atoms with Crippen LogP contribution in [-0.4, -0.2) is 43.2 Å². The first-order valence-electron chi connectivity index (χ1n) is 12.6. The van der Waals surface area contributed by atoms with Crippen molar-refractivity contribution in [3.05, 3.63) is 65.0 Å². The molecule has 1 amide bonds. The number of rotatable bonds is 5. The van der Waals surface area contributed by atoms with E-state index >= 15 is 0 Å². The van der Waals surface area contributed by atoms with Gasteiger partial charge in [-0.05, 0) is 61.8 Å². The zero-order valence-corrected chi connectivity index (χ0v) is 20.4. The Morgan fingerprint density at radius 1 is 1.17 bits per heavy atom. The van der Waals surface area contributed by atoms with E-state index in [0.29, 0.717) is 29.4 Å². The molecule has 3 heterocycles. The molecule has 0 spiro atoms. The number of ketones is 1. The summed E-state index contributed by atoms with van der Waals surface area (Å²) in [5.41, 5.74) is 8.58. The molecule has 0 radical (unpaired) electrons. The number of nitrogens with zero attached hydrogens (tertiary/aromatic N) is 2. The molecule has 184 valence electrons. The van der Waals surface area contributed by atoms with E-state index in [1.54, 1.807) is 18.2 Å². The fourth-order valence-electron chi connectivity index (χ4n) is 5.89. The maximum absolute atomic E-state index is 14.9. The molecule has 6 rings (SSSR count). The molecule has 1 saturated carbocycles. The molecule has 35 heavy (non-hydrogen) atoms. The van der Waals surface area contributed by atoms with Crippen LogP contribution in [0, 0.1) is 17.2 Å². The van der Waals surface area contributed by atoms with E-state index in [9.17, 15) is 14.0 Å². The van der Waals surface area contributed by atoms with Gasteiger partial charge >= 0.3 is 0 Å². The smallest absolute Gasteiger partial charge is 0.266 e. The Hall–Kier alpha value is -2.90. The van der Waals surface area contributed by atoms with E-state index in [0.717, 1.165) is 37.8 Å². The number of halogens is 1. The maximum atomic E-state index is 14.9. The summed E-state index contributed by atoms with van der Waals surface area (Å²) in [5.74, 6) is -0.122. The van der Waals surface area contributed by atoms with Crippen LogP contribution in [0.4, 0.5) is 10.1 Å². The van der Waals surface area contributed by atoms with Crippen LogP contribution in [0.5, 0.6) is 0 Å². The van der Waals surface area contributed by atoms with E-state index < -0.39 is 23.3 Å². The third kappa shape index (κ3) is 4.21. The lowest BCUT2D eigenvalue weighted by atomic mass is 9.69. The predicted molar refractivity (Wildman–Crippen MR) is 135 cm³/mol. The van der Waals surface area contributed by atoms with Crippen LogP contribution in [0.2, 0.25) is 0 Å². The van der Waals surface area contributed by atoms with E-state index in [1.165, 1.54) is 11.0 Å². The highest BCUT2D eigenvalue weighted by Crippen LogP contribution is 2.43. The highest BCUT2D eigenvalue weighted by Gasteiger charge is 2.45. The molecule has 1 atom stereocenters. The van der Waals surface area contributed by atoms with Crippen LogP contribution in [-0.2, 0) is 9.59 Å². The second kappa shape index (κ2) is 9.28. The molecule has 4 aliphatic rings. The molecule has 2 bridgehead atoms. The highest BCUT2D eigenvalue weighted by molar-refractivity contribution is 6.21. The third-order valence-electron chi connectivity index (χ3n) is 7.98. The number of anilines is 1. The molecule has 3 aliphatic heterocycles. The fourth-order valence-corrected chi connectivity index (χ4v) is 5.89. The van der Waals surface area contributed by atoms with Crippen molar-refractivity contribution < 1.29 is 14.0 Å². The summed E-state index contributed by atoms with van der Waals surface area (Å²) >= 11 is 0. The van der Waals surface area contributed by atoms with E-state index in [4.69, 9.17) is 5.73 Å². The number of aliphatic imine (C=N–C) groups is 1. The minimum Gasteiger partial charge on any atom is -0.315 e. The number of nitrogens with two attached hydrogens (primary N) is 1. The maximum Gasteiger partial charge on any atom is 0.266 e. The number of nitrogens with one attached hydrogen (secondary N) is 1. The number of para-hydroxylation sites is 1. The summed E-state index contributed by atoms with van der Waals surface area (Å²) in [4.78, 5) is 33.6. The Morgan fingerprint density at radius 2 is 1.89 bits per heavy atom. The van der Waals surface area contributed by atoms with Gasteiger partial charge in [-0.25, -0.2) is 4.39 Å². The molecule has 1 unspecified atom stereocenters. The summed E-state index contributed by atoms with van der Waals surface area (Å²) in [5, 5.41) is 3.47. The van der Waals surface area contributed by atoms with Crippen LogP contribution in [0.3, 0.4) is 0 Å². The van der Waals surface area contributed by atoms with Crippen molar-refractivity contribution in [3.63, 3.8) is 0 Å². The Morgan fingerprint density at radius 3 is 2.60 bits per heavy atom. The number of hydrogen-bond donors (Lipinski definition) is 2. The second-order valence-corrected chi connectivity index (χ2v) is 10.5. The van der Waals surface area contributed by atoms with Crippen molar-refractivity contribution in [2.75, 3.05) is 24.5 Å². The summed E-state index contributed by atoms with van der Waals surface area (Å²) in [6.07, 6.45) is 2.51. The molecular weight excluding hydrogens is 443 g/mol. The van der Waals surface area contributed by atoms with Gasteiger partial charge < -0.3 is 16.0 Å². The van der Waals surface area contributed by atoms with Crippen molar-refractivity contribution in [3.8, 4) is 0 Å². The zero-order chi connectivity index (χ0) is 24.7. The van der Waals surface area contributed by atoms with Gasteiger partial charge in [-0.2, -0.15) is 0 Å². The summed E-state index contributed by atoms with van der Waals surface area (Å²) in [6.45, 7) is 5.62. The highest BCUT2D eigenvalue weighted by atomic mass is 19.1. The number of hydrogen-bond acceptors (Lipinski definition) is 5. The standard InChI is InChI=1S/C28H33FN4O2/c1-17(2)19-7-5-8-21-24(20-6-3-4-9-22(20)29)32-26(30)27(35)33(25(19)21)15-23(34)28-12-10-18(11-13-28)14-31-16-28/h3-9,17-18,26,31H,10-16,30H2,1-2H3. The normalized spacial score (nSPS) is 26.3. The lowest BCUT2D eigenvalue weighted by Crippen LogP contribution is -2.50. The average Bonchev–Trinajstić information content (AvgIpc) is 3.24. The van der Waals surface area contributed by atoms with Crippen molar-refractivity contribution in [1.29, 1.82) is 0 Å². The van der Waals surface area contributed by atoms with E-state index in [2.05, 4.69) is 10.3 Å². The van der Waals surface area contributed by atoms with Crippen molar-refractivity contribution in [2.45, 2.75) is 51.6 Å². The van der Waals surface area contributed by atoms with Crippen molar-refractivity contribution in [1.82, 2.24) is 5.32 Å². The van der Waals surface area contributed by atoms with Crippen LogP contribution < -0.4 is 16.0 Å². The van der Waals surface area contributed by atoms with E-state index in [1.807, 2.05) is 32.0 Å². The molecule has 2 saturated heterocycles. The van der Waals surface area contributed by atoms with E-state index in [-0.39, 0.29) is 23.8 Å². The van der Waals surface area contributed by atoms with Crippen LogP contribution in [0.1, 0.15) is 62.1 Å². The van der Waals surface area contributed by atoms with Crippen molar-refractivity contribution >= 4 is 23.1 Å². The van der Waals surface area contributed by atoms with Gasteiger partial charge in [0, 0.05) is 23.1 Å². The van der Waals surface area contributed by atoms with Gasteiger partial charge in [0.1, 0.15) is 5.82 Å². The summed E-state index contributed by atoms with van der Waals surface area (Å²) < 4.78 is 14.9. The monoisotopic (exact) mass is 476 g/mol. The molecule has 7 heteroatoms. The molecule has 3 fully saturated rings. The van der Waals surface area contributed by atoms with Crippen LogP contribution >= 0.6 is 0 Å². The lowest BCUT2D eigenvalue weighted by Gasteiger charge is -2.37. The molecule has 2 aromatic carbocycles. The number of fused-ring (bicyclic) bond motifs is 5. The minimum atomic E-state index is -1.23. The molecule has 6 nitrogen and oxygen atoms in total. The first kappa shape index (κ1) is 23.8. The predicted octanol–water partition coefficient (Wildman–Crippen LogP) is 3.77. The number of Topliss-reactive ketones (excluding diaryl/α,β-unsaturated/α-hetero) is 1. The minimum absolute atomic E-state index is 0.0598. The first-order chi connectivity index (χ1) is 16.8. The SMILES string of the molecule is CC(C)c1cccc2c1N(CC(=O)C13CCC(CC1)CNC3)C(=O)C(N)N=C2c1ccccc1F. The molecule has 2 aromatic rings. The Bertz CT molecular complexity index is 1180. The molecule has 3 N–H and O–H groups in total. The first-order valence-corrected chi connectivity index (χ1v) is 12.6. The topological polar surface area (TPSA) is 87.8 Å². The van der Waals surface area contributed by atoms with Gasteiger partial charge in [-0.1, -0.05) is 44.2 Å². The number of benzodiazepines with no additional fused rings is 1. The van der Waals surface area contributed by atoms with Gasteiger partial charge in [0.05, 0.1) is 17.9 Å². The quantitative estimate of drug-likeness (QED) is 0.688. The number of amides is 1. The van der Waals surface area contributed by atoms with Gasteiger partial charge in [0.15, 0.2) is 11.9 Å². The van der Waals surface area contributed by atoms with Crippen LogP contribution in [0.15, 0.2) is 47.5 Å². The summed E-state index contributed by atoms with van der Waals surface area (Å²) in [6, 6.07) is 12.1. The largest absolute Gasteiger partial charge is 0.315 e. The van der Waals surface area contributed by atoms with Gasteiger partial charge in [0.25, 0.3) is 5.91 Å². The second-order valence-electron chi connectivity index (χ2n) is 10.5. The zero-order valence-electron chi connectivity index (χ0n) is 20.4. The molecule has 0 aromatic heterocycles.